The molecule has 0 aromatic heterocycles. The van der Waals surface area contributed by atoms with Gasteiger partial charge in [0.2, 0.25) is 5.91 Å². The van der Waals surface area contributed by atoms with Crippen LogP contribution in [0.4, 0.5) is 0 Å². The maximum atomic E-state index is 10.2. The predicted molar refractivity (Wildman–Crippen MR) is 35.4 cm³/mol. The van der Waals surface area contributed by atoms with Crippen LogP contribution in [-0.2, 0) is 9.59 Å². The van der Waals surface area contributed by atoms with Gasteiger partial charge in [0.05, 0.1) is 12.5 Å². The molecule has 64 valence electrons. The molecule has 0 aliphatic heterocycles. The highest BCUT2D eigenvalue weighted by Crippen LogP contribution is 1.95. The summed E-state index contributed by atoms with van der Waals surface area (Å²) in [6, 6.07) is -1.46. The van der Waals surface area contributed by atoms with Gasteiger partial charge in [0, 0.05) is 0 Å². The third-order valence-corrected chi connectivity index (χ3v) is 1.11. The number of hydrogen-bond acceptors (Lipinski definition) is 4. The first-order valence-electron chi connectivity index (χ1n) is 2.90. The molecule has 1 amide bonds. The van der Waals surface area contributed by atoms with Gasteiger partial charge in [-0.25, -0.2) is 0 Å². The lowest BCUT2D eigenvalue weighted by molar-refractivity contribution is -0.141. The molecule has 0 aliphatic rings. The Morgan fingerprint density at radius 1 is 1.45 bits per heavy atom. The number of primary amides is 1. The van der Waals surface area contributed by atoms with E-state index in [-0.39, 0.29) is 0 Å². The Kier molecular flexibility index (Phi) is 3.49. The quantitative estimate of drug-likeness (QED) is 0.367. The minimum Gasteiger partial charge on any atom is -0.480 e. The highest BCUT2D eigenvalue weighted by Gasteiger charge is 2.22. The summed E-state index contributed by atoms with van der Waals surface area (Å²) in [5.41, 5.74) is 9.63. The molecule has 0 unspecified atom stereocenters. The van der Waals surface area contributed by atoms with Crippen LogP contribution in [0.3, 0.4) is 0 Å². The molecule has 0 saturated heterocycles. The fraction of sp³-hybridized carbons (Fsp3) is 0.600. The molecule has 0 fully saturated rings. The summed E-state index contributed by atoms with van der Waals surface area (Å²) >= 11 is 0. The standard InChI is InChI=1S/C5H10N2O4/c6-3(9)1-2(8)4(7)5(10)11/h2,4,8H,1,7H2,(H2,6,9)(H,10,11)/t2-,4+/m0/s1. The molecular formula is C5H10N2O4. The Bertz CT molecular complexity index is 170. The summed E-state index contributed by atoms with van der Waals surface area (Å²) in [7, 11) is 0. The van der Waals surface area contributed by atoms with Crippen LogP contribution in [0.5, 0.6) is 0 Å². The molecule has 0 aromatic carbocycles. The molecule has 6 N–H and O–H groups in total. The molecule has 2 atom stereocenters. The van der Waals surface area contributed by atoms with E-state index in [0.717, 1.165) is 0 Å². The summed E-state index contributed by atoms with van der Waals surface area (Å²) in [6.45, 7) is 0. The SMILES string of the molecule is NC(=O)C[C@H](O)[C@@H](N)C(=O)O. The van der Waals surface area contributed by atoms with E-state index < -0.39 is 30.4 Å². The molecule has 0 spiro atoms. The molecule has 11 heavy (non-hydrogen) atoms. The third kappa shape index (κ3) is 3.54. The zero-order valence-corrected chi connectivity index (χ0v) is 5.73. The molecule has 6 nitrogen and oxygen atoms in total. The average molecular weight is 162 g/mol. The smallest absolute Gasteiger partial charge is 0.323 e. The number of aliphatic hydroxyl groups is 1. The maximum absolute atomic E-state index is 10.2. The number of carbonyl (C=O) groups excluding carboxylic acids is 1. The lowest BCUT2D eigenvalue weighted by atomic mass is 10.1. The van der Waals surface area contributed by atoms with Crippen molar-refractivity contribution in [3.8, 4) is 0 Å². The van der Waals surface area contributed by atoms with Crippen molar-refractivity contribution < 1.29 is 19.8 Å². The summed E-state index contributed by atoms with van der Waals surface area (Å²) in [5, 5.41) is 17.1. The maximum Gasteiger partial charge on any atom is 0.323 e. The van der Waals surface area contributed by atoms with Crippen molar-refractivity contribution >= 4 is 11.9 Å². The fourth-order valence-electron chi connectivity index (χ4n) is 0.498. The summed E-state index contributed by atoms with van der Waals surface area (Å²) in [4.78, 5) is 20.2. The molecule has 0 rings (SSSR count). The number of rotatable bonds is 4. The topological polar surface area (TPSA) is 127 Å². The van der Waals surface area contributed by atoms with Crippen LogP contribution in [0.25, 0.3) is 0 Å². The normalized spacial score (nSPS) is 15.5. The molecular weight excluding hydrogens is 152 g/mol. The van der Waals surface area contributed by atoms with Gasteiger partial charge >= 0.3 is 5.97 Å². The van der Waals surface area contributed by atoms with Gasteiger partial charge in [-0.1, -0.05) is 0 Å². The lowest BCUT2D eigenvalue weighted by Crippen LogP contribution is -2.43. The molecule has 0 bridgehead atoms. The van der Waals surface area contributed by atoms with Gasteiger partial charge in [-0.3, -0.25) is 9.59 Å². The number of aliphatic carboxylic acids is 1. The Morgan fingerprint density at radius 3 is 2.18 bits per heavy atom. The largest absolute Gasteiger partial charge is 0.480 e. The van der Waals surface area contributed by atoms with Crippen molar-refractivity contribution in [2.45, 2.75) is 18.6 Å². The number of aliphatic hydroxyl groups excluding tert-OH is 1. The number of hydrogen-bond donors (Lipinski definition) is 4. The number of carboxylic acids is 1. The van der Waals surface area contributed by atoms with Gasteiger partial charge in [-0.2, -0.15) is 0 Å². The van der Waals surface area contributed by atoms with Crippen LogP contribution in [0.1, 0.15) is 6.42 Å². The van der Waals surface area contributed by atoms with E-state index in [1.165, 1.54) is 0 Å². The molecule has 6 heteroatoms. The minimum atomic E-state index is -1.46. The second-order valence-corrected chi connectivity index (χ2v) is 2.10. The Balaban J connectivity index is 3.92. The van der Waals surface area contributed by atoms with Gasteiger partial charge in [0.1, 0.15) is 6.04 Å². The van der Waals surface area contributed by atoms with Gasteiger partial charge in [0.15, 0.2) is 0 Å². The lowest BCUT2D eigenvalue weighted by Gasteiger charge is -2.11. The zero-order chi connectivity index (χ0) is 9.02. The molecule has 0 saturated carbocycles. The van der Waals surface area contributed by atoms with Gasteiger partial charge < -0.3 is 21.7 Å². The average Bonchev–Trinajstić information content (AvgIpc) is 1.84. The first-order valence-corrected chi connectivity index (χ1v) is 2.90. The van der Waals surface area contributed by atoms with Crippen molar-refractivity contribution in [2.24, 2.45) is 11.5 Å². The van der Waals surface area contributed by atoms with Crippen LogP contribution in [-0.4, -0.2) is 34.2 Å². The van der Waals surface area contributed by atoms with E-state index in [1.54, 1.807) is 0 Å². The van der Waals surface area contributed by atoms with Crippen molar-refractivity contribution in [1.82, 2.24) is 0 Å². The first-order chi connectivity index (χ1) is 4.95. The van der Waals surface area contributed by atoms with E-state index in [1.807, 2.05) is 0 Å². The number of nitrogens with two attached hydrogens (primary N) is 2. The second-order valence-electron chi connectivity index (χ2n) is 2.10. The summed E-state index contributed by atoms with van der Waals surface area (Å²) in [6.07, 6.45) is -1.85. The second kappa shape index (κ2) is 3.89. The highest BCUT2D eigenvalue weighted by atomic mass is 16.4. The molecule has 0 aliphatic carbocycles. The van der Waals surface area contributed by atoms with Crippen molar-refractivity contribution in [3.05, 3.63) is 0 Å². The van der Waals surface area contributed by atoms with E-state index in [0.29, 0.717) is 0 Å². The summed E-state index contributed by atoms with van der Waals surface area (Å²) in [5.74, 6) is -2.15. The van der Waals surface area contributed by atoms with Crippen molar-refractivity contribution in [1.29, 1.82) is 0 Å². The van der Waals surface area contributed by atoms with Crippen LogP contribution in [0.15, 0.2) is 0 Å². The van der Waals surface area contributed by atoms with Gasteiger partial charge in [-0.15, -0.1) is 0 Å². The molecule has 0 heterocycles. The van der Waals surface area contributed by atoms with Crippen LogP contribution >= 0.6 is 0 Å². The van der Waals surface area contributed by atoms with Crippen molar-refractivity contribution in [2.75, 3.05) is 0 Å². The van der Waals surface area contributed by atoms with E-state index >= 15 is 0 Å². The van der Waals surface area contributed by atoms with Crippen molar-refractivity contribution in [3.63, 3.8) is 0 Å². The van der Waals surface area contributed by atoms with Crippen LogP contribution in [0.2, 0.25) is 0 Å². The van der Waals surface area contributed by atoms with Gasteiger partial charge in [0.25, 0.3) is 0 Å². The number of carbonyl (C=O) groups is 2. The summed E-state index contributed by atoms with van der Waals surface area (Å²) < 4.78 is 0. The van der Waals surface area contributed by atoms with E-state index in [9.17, 15) is 9.59 Å². The predicted octanol–water partition coefficient (Wildman–Crippen LogP) is -2.37. The third-order valence-electron chi connectivity index (χ3n) is 1.11. The Morgan fingerprint density at radius 2 is 1.91 bits per heavy atom. The Hall–Kier alpha value is -1.14. The first kappa shape index (κ1) is 9.86. The zero-order valence-electron chi connectivity index (χ0n) is 5.73. The van der Waals surface area contributed by atoms with Gasteiger partial charge in [-0.05, 0) is 0 Å². The van der Waals surface area contributed by atoms with Crippen LogP contribution < -0.4 is 11.5 Å². The minimum absolute atomic E-state index is 0.437. The molecule has 0 aromatic rings. The highest BCUT2D eigenvalue weighted by molar-refractivity contribution is 5.78. The van der Waals surface area contributed by atoms with Crippen LogP contribution in [0, 0.1) is 0 Å². The fourth-order valence-corrected chi connectivity index (χ4v) is 0.498. The number of amides is 1. The van der Waals surface area contributed by atoms with E-state index in [2.05, 4.69) is 5.73 Å². The Labute approximate surface area is 62.8 Å². The molecule has 0 radical (unpaired) electrons. The monoisotopic (exact) mass is 162 g/mol. The van der Waals surface area contributed by atoms with E-state index in [4.69, 9.17) is 15.9 Å². The number of carboxylic acid groups (broad SMARTS) is 1.